The van der Waals surface area contributed by atoms with Gasteiger partial charge >= 0.3 is 23.9 Å². The second kappa shape index (κ2) is 35.8. The van der Waals surface area contributed by atoms with E-state index in [0.29, 0.717) is 49.2 Å². The van der Waals surface area contributed by atoms with Gasteiger partial charge in [-0.25, -0.2) is 0 Å². The third-order valence-corrected chi connectivity index (χ3v) is 22.9. The molecule has 2 aliphatic heterocycles. The van der Waals surface area contributed by atoms with Crippen molar-refractivity contribution in [2.75, 3.05) is 59.2 Å². The number of nitrogens with zero attached hydrogens (tertiary/aromatic N) is 2. The van der Waals surface area contributed by atoms with Crippen molar-refractivity contribution in [2.24, 2.45) is 34.5 Å². The number of hydrogen-bond acceptors (Lipinski definition) is 20. The molecule has 14 nitrogen and oxygen atoms in total. The van der Waals surface area contributed by atoms with Crippen LogP contribution in [0.1, 0.15) is 158 Å². The number of imide groups is 2. The summed E-state index contributed by atoms with van der Waals surface area (Å²) in [6.45, 7) is 23.4. The van der Waals surface area contributed by atoms with E-state index in [4.69, 9.17) is 43.4 Å². The van der Waals surface area contributed by atoms with Crippen LogP contribution in [-0.2, 0) is 63.7 Å². The predicted molar refractivity (Wildman–Crippen MR) is 358 cm³/mol. The van der Waals surface area contributed by atoms with Crippen LogP contribution in [0.3, 0.4) is 0 Å². The van der Waals surface area contributed by atoms with Crippen molar-refractivity contribution in [2.45, 2.75) is 168 Å². The number of carbonyl (C=O) groups is 8. The van der Waals surface area contributed by atoms with Gasteiger partial charge in [0.2, 0.25) is 23.6 Å². The third-order valence-electron chi connectivity index (χ3n) is 14.3. The number of carbonyl (C=O) groups excluding carboxylic acids is 8. The number of thioether (sulfide) groups is 6. The first-order valence-corrected chi connectivity index (χ1v) is 35.8. The molecule has 2 heterocycles. The Bertz CT molecular complexity index is 2570. The van der Waals surface area contributed by atoms with Crippen LogP contribution in [0.4, 0.5) is 11.4 Å². The van der Waals surface area contributed by atoms with E-state index in [9.17, 15) is 38.4 Å². The molecule has 0 saturated carbocycles. The Morgan fingerprint density at radius 1 is 0.524 bits per heavy atom. The number of esters is 4. The van der Waals surface area contributed by atoms with E-state index in [-0.39, 0.29) is 61.1 Å². The van der Waals surface area contributed by atoms with E-state index in [2.05, 4.69) is 13.8 Å². The fraction of sp³-hybridized carbons (Fsp3) is 0.645. The lowest BCUT2D eigenvalue weighted by Crippen LogP contribution is -2.43. The van der Waals surface area contributed by atoms with Gasteiger partial charge < -0.3 is 18.9 Å². The summed E-state index contributed by atoms with van der Waals surface area (Å²) >= 11 is 19.9. The van der Waals surface area contributed by atoms with Gasteiger partial charge in [-0.05, 0) is 140 Å². The minimum atomic E-state index is -1.52. The molecule has 2 aromatic rings. The van der Waals surface area contributed by atoms with Crippen molar-refractivity contribution in [3.8, 4) is 0 Å². The Balaban J connectivity index is 1.55. The normalized spacial score (nSPS) is 18.2. The largest absolute Gasteiger partial charge is 0.465 e. The molecule has 0 aromatic heterocycles. The van der Waals surface area contributed by atoms with Crippen LogP contribution >= 0.6 is 95.0 Å². The van der Waals surface area contributed by atoms with Gasteiger partial charge in [-0.15, -0.1) is 47.0 Å². The molecule has 2 aromatic carbocycles. The zero-order valence-corrected chi connectivity index (χ0v) is 57.6. The molecule has 0 bridgehead atoms. The minimum Gasteiger partial charge on any atom is -0.465 e. The van der Waals surface area contributed by atoms with Crippen molar-refractivity contribution in [3.63, 3.8) is 0 Å². The number of hydrogen-bond donors (Lipinski definition) is 0. The smallest absolute Gasteiger partial charge is 0.319 e. The van der Waals surface area contributed by atoms with E-state index in [1.807, 2.05) is 72.7 Å². The number of rotatable bonds is 34. The Kier molecular flexibility index (Phi) is 31.2. The summed E-state index contributed by atoms with van der Waals surface area (Å²) in [5, 5.41) is -1.67. The highest BCUT2D eigenvalue weighted by Crippen LogP contribution is 2.47. The summed E-state index contributed by atoms with van der Waals surface area (Å²) in [6.07, 6.45) is 7.34. The van der Waals surface area contributed by atoms with Gasteiger partial charge in [0, 0.05) is 17.4 Å². The number of unbranched alkanes of at least 4 members (excludes halogenated alkanes) is 4. The molecule has 0 spiro atoms. The van der Waals surface area contributed by atoms with Crippen LogP contribution in [-0.4, -0.2) is 119 Å². The van der Waals surface area contributed by atoms with E-state index < -0.39 is 74.7 Å². The van der Waals surface area contributed by atoms with Crippen molar-refractivity contribution in [1.29, 1.82) is 0 Å². The van der Waals surface area contributed by atoms with Crippen molar-refractivity contribution in [1.82, 2.24) is 0 Å². The molecule has 2 aliphatic rings. The van der Waals surface area contributed by atoms with Crippen molar-refractivity contribution < 1.29 is 57.3 Å². The maximum absolute atomic E-state index is 15.0. The topological polar surface area (TPSA) is 180 Å². The van der Waals surface area contributed by atoms with Gasteiger partial charge in [0.05, 0.1) is 57.3 Å². The van der Waals surface area contributed by atoms with Gasteiger partial charge in [0.25, 0.3) is 0 Å². The van der Waals surface area contributed by atoms with Crippen LogP contribution in [0.5, 0.6) is 0 Å². The molecule has 466 valence electrons. The Morgan fingerprint density at radius 3 is 1.36 bits per heavy atom. The summed E-state index contributed by atoms with van der Waals surface area (Å²) in [5.74, 6) is -4.91. The van der Waals surface area contributed by atoms with Crippen molar-refractivity contribution in [3.05, 3.63) is 59.7 Å². The summed E-state index contributed by atoms with van der Waals surface area (Å²) in [4.78, 5) is 114. The number of ether oxygens (including phenoxy) is 4. The van der Waals surface area contributed by atoms with Crippen LogP contribution in [0.25, 0.3) is 0 Å². The number of amides is 4. The van der Waals surface area contributed by atoms with Gasteiger partial charge in [0.15, 0.2) is 0 Å². The molecule has 4 rings (SSSR count). The molecule has 2 saturated heterocycles. The molecular formula is C62H88N2O12S8. The monoisotopic (exact) mass is 1310 g/mol. The summed E-state index contributed by atoms with van der Waals surface area (Å²) in [5.41, 5.74) is 0.310. The zero-order valence-electron chi connectivity index (χ0n) is 51.1. The molecule has 84 heavy (non-hydrogen) atoms. The SMILES string of the molecule is CCCCOC(=O)C(CC1C(=O)N(c2ccc(Cc3ccc(N4C(=O)C(CC(SC(=S)SCCCC)C(=O)OCCCC)C(C(C)(C)C(=O)OCCSC(C)(C)SCCOC(=O)C(C)(C)C)C4=O)cc3)cc2)C(=O)C1C)SC(=S)SCCCC. The van der Waals surface area contributed by atoms with Gasteiger partial charge in [0.1, 0.15) is 30.8 Å². The Hall–Kier alpha value is -3.12. The number of benzene rings is 2. The molecule has 6 unspecified atom stereocenters. The van der Waals surface area contributed by atoms with Gasteiger partial charge in [-0.3, -0.25) is 48.2 Å². The lowest BCUT2D eigenvalue weighted by molar-refractivity contribution is -0.160. The van der Waals surface area contributed by atoms with Crippen LogP contribution in [0.15, 0.2) is 48.5 Å². The van der Waals surface area contributed by atoms with E-state index >= 15 is 0 Å². The van der Waals surface area contributed by atoms with Crippen LogP contribution in [0, 0.1) is 34.5 Å². The summed E-state index contributed by atoms with van der Waals surface area (Å²) in [6, 6.07) is 14.1. The third kappa shape index (κ3) is 22.2. The van der Waals surface area contributed by atoms with Crippen molar-refractivity contribution >= 4 is 161 Å². The average molecular weight is 1310 g/mol. The highest BCUT2D eigenvalue weighted by molar-refractivity contribution is 8.48. The fourth-order valence-electron chi connectivity index (χ4n) is 9.20. The fourth-order valence-corrected chi connectivity index (χ4v) is 16.9. The molecular weight excluding hydrogens is 1220 g/mol. The minimum absolute atomic E-state index is 0.0377. The molecule has 22 heteroatoms. The van der Waals surface area contributed by atoms with Crippen LogP contribution < -0.4 is 9.80 Å². The average Bonchev–Trinajstić information content (AvgIpc) is 2.41. The lowest BCUT2D eigenvalue weighted by Gasteiger charge is -2.32. The van der Waals surface area contributed by atoms with E-state index in [0.717, 1.165) is 77.8 Å². The standard InChI is InChI=1S/C62H88N2O12S8/c1-13-17-29-73-54(69)47(83-58(77)79-33-19-15-3)38-45-40(5)50(65)63(51(45)66)43-25-21-41(22-26-43)37-42-23-27-44(28-24-42)64-52(67)46(39-48(55(70)74-30-18-14-2)84-59(78)80-34-20-16-4)49(53(64)68)61(9,10)57(72)76-32-36-82-62(11,12)81-35-31-75-56(71)60(6,7)8/h21-28,40,45-49H,13-20,29-39H2,1-12H3. The first-order valence-electron chi connectivity index (χ1n) is 29.3. The zero-order chi connectivity index (χ0) is 62.4. The lowest BCUT2D eigenvalue weighted by atomic mass is 9.71. The second-order valence-electron chi connectivity index (χ2n) is 23.0. The maximum Gasteiger partial charge on any atom is 0.319 e. The molecule has 2 fully saturated rings. The second-order valence-corrected chi connectivity index (χ2v) is 33.7. The van der Waals surface area contributed by atoms with Gasteiger partial charge in [-0.1, -0.05) is 133 Å². The number of thiocarbonyl (C=S) groups is 2. The maximum atomic E-state index is 15.0. The Morgan fingerprint density at radius 2 is 0.929 bits per heavy atom. The Labute approximate surface area is 535 Å². The predicted octanol–water partition coefficient (Wildman–Crippen LogP) is 14.2. The van der Waals surface area contributed by atoms with E-state index in [1.54, 1.807) is 68.6 Å². The summed E-state index contributed by atoms with van der Waals surface area (Å²) < 4.78 is 23.5. The molecule has 0 aliphatic carbocycles. The summed E-state index contributed by atoms with van der Waals surface area (Å²) in [7, 11) is 0. The van der Waals surface area contributed by atoms with E-state index in [1.165, 1.54) is 40.2 Å². The molecule has 0 radical (unpaired) electrons. The highest BCUT2D eigenvalue weighted by atomic mass is 32.2. The first-order chi connectivity index (χ1) is 39.7. The van der Waals surface area contributed by atoms with Gasteiger partial charge in [-0.2, -0.15) is 0 Å². The quantitative estimate of drug-likeness (QED) is 0.0161. The number of anilines is 2. The molecule has 0 N–H and O–H groups in total. The highest BCUT2D eigenvalue weighted by Gasteiger charge is 2.58. The molecule has 4 amide bonds. The molecule has 6 atom stereocenters. The van der Waals surface area contributed by atoms with Crippen LogP contribution in [0.2, 0.25) is 0 Å². The first kappa shape index (κ1) is 73.4.